The van der Waals surface area contributed by atoms with Gasteiger partial charge in [-0.15, -0.1) is 0 Å². The van der Waals surface area contributed by atoms with Crippen molar-refractivity contribution in [2.75, 3.05) is 16.8 Å². The number of aromatic carboxylic acids is 1. The van der Waals surface area contributed by atoms with Gasteiger partial charge in [-0.25, -0.2) is 9.18 Å². The molecule has 6 rings (SSSR count). The summed E-state index contributed by atoms with van der Waals surface area (Å²) in [6.45, 7) is 7.36. The fraction of sp³-hybridized carbons (Fsp3) is 0.306. The van der Waals surface area contributed by atoms with E-state index in [1.165, 1.54) is 6.07 Å². The summed E-state index contributed by atoms with van der Waals surface area (Å²) in [7, 11) is 0. The predicted octanol–water partition coefficient (Wildman–Crippen LogP) is 7.68. The largest absolute Gasteiger partial charge is 0.478 e. The first-order valence-electron chi connectivity index (χ1n) is 15.2. The van der Waals surface area contributed by atoms with Crippen LogP contribution in [0.15, 0.2) is 85.2 Å². The summed E-state index contributed by atoms with van der Waals surface area (Å²) in [6, 6.07) is 19.9. The Kier molecular flexibility index (Phi) is 8.57. The Bertz CT molecular complexity index is 1780. The number of fused-ring (bicyclic) bond motifs is 2. The minimum Gasteiger partial charge on any atom is -0.478 e. The Balaban J connectivity index is 1.53. The summed E-state index contributed by atoms with van der Waals surface area (Å²) >= 11 is 13.0. The Morgan fingerprint density at radius 1 is 1.09 bits per heavy atom. The van der Waals surface area contributed by atoms with Crippen molar-refractivity contribution in [1.29, 1.82) is 0 Å². The Hall–Kier alpha value is -3.98. The van der Waals surface area contributed by atoms with Gasteiger partial charge in [-0.1, -0.05) is 74.3 Å². The molecule has 0 bridgehead atoms. The number of rotatable bonds is 7. The van der Waals surface area contributed by atoms with Gasteiger partial charge in [0.1, 0.15) is 5.82 Å². The number of halogens is 3. The van der Waals surface area contributed by atoms with Gasteiger partial charge in [-0.2, -0.15) is 0 Å². The average Bonchev–Trinajstić information content (AvgIpc) is 3.48. The van der Waals surface area contributed by atoms with Gasteiger partial charge in [-0.05, 0) is 71.0 Å². The van der Waals surface area contributed by atoms with E-state index in [9.17, 15) is 14.7 Å². The molecular formula is C36H35Cl2FN4O3. The molecule has 1 saturated heterocycles. The van der Waals surface area contributed by atoms with Crippen molar-refractivity contribution in [3.8, 4) is 0 Å². The van der Waals surface area contributed by atoms with Gasteiger partial charge in [0.05, 0.1) is 28.5 Å². The number of nitrogens with one attached hydrogen (secondary N) is 2. The molecule has 2 aliphatic rings. The number of hydrogen-bond acceptors (Lipinski definition) is 5. The van der Waals surface area contributed by atoms with E-state index in [-0.39, 0.29) is 28.0 Å². The lowest BCUT2D eigenvalue weighted by Gasteiger charge is -2.40. The predicted molar refractivity (Wildman–Crippen MR) is 179 cm³/mol. The number of benzene rings is 3. The fourth-order valence-electron chi connectivity index (χ4n) is 7.25. The van der Waals surface area contributed by atoms with Crippen LogP contribution in [-0.2, 0) is 16.8 Å². The first-order chi connectivity index (χ1) is 21.9. The molecule has 1 spiro atoms. The number of carbonyl (C=O) groups excluding carboxylic acids is 1. The first-order valence-corrected chi connectivity index (χ1v) is 15.9. The Morgan fingerprint density at radius 2 is 1.85 bits per heavy atom. The highest BCUT2D eigenvalue weighted by atomic mass is 35.5. The zero-order valence-electron chi connectivity index (χ0n) is 25.7. The zero-order valence-corrected chi connectivity index (χ0v) is 27.2. The van der Waals surface area contributed by atoms with Crippen molar-refractivity contribution in [2.24, 2.45) is 5.41 Å². The maximum atomic E-state index is 16.2. The van der Waals surface area contributed by atoms with Gasteiger partial charge in [0, 0.05) is 47.4 Å². The van der Waals surface area contributed by atoms with E-state index < -0.39 is 29.2 Å². The second-order valence-electron chi connectivity index (χ2n) is 13.4. The van der Waals surface area contributed by atoms with Gasteiger partial charge >= 0.3 is 5.97 Å². The molecule has 1 amide bonds. The number of nitrogens with zero attached hydrogens (tertiary/aromatic N) is 2. The highest BCUT2D eigenvalue weighted by Crippen LogP contribution is 2.58. The summed E-state index contributed by atoms with van der Waals surface area (Å²) in [5.41, 5.74) is 2.92. The lowest BCUT2D eigenvalue weighted by Crippen LogP contribution is -2.48. The van der Waals surface area contributed by atoms with Gasteiger partial charge in [-0.3, -0.25) is 9.78 Å². The van der Waals surface area contributed by atoms with Crippen molar-refractivity contribution in [1.82, 2.24) is 10.3 Å². The molecule has 1 unspecified atom stereocenters. The number of amides is 1. The molecule has 238 valence electrons. The molecule has 10 heteroatoms. The maximum absolute atomic E-state index is 16.2. The number of carboxylic acid groups (broad SMARTS) is 1. The van der Waals surface area contributed by atoms with Crippen LogP contribution in [0.1, 0.15) is 60.2 Å². The van der Waals surface area contributed by atoms with E-state index in [1.807, 2.05) is 18.2 Å². The quantitative estimate of drug-likeness (QED) is 0.188. The number of hydrogen-bond donors (Lipinski definition) is 3. The van der Waals surface area contributed by atoms with Gasteiger partial charge < -0.3 is 20.6 Å². The number of pyridine rings is 1. The molecule has 1 aromatic heterocycles. The van der Waals surface area contributed by atoms with Crippen LogP contribution in [0.2, 0.25) is 10.0 Å². The van der Waals surface area contributed by atoms with Crippen molar-refractivity contribution < 1.29 is 19.1 Å². The molecule has 7 nitrogen and oxygen atoms in total. The van der Waals surface area contributed by atoms with Crippen molar-refractivity contribution >= 4 is 46.5 Å². The molecule has 0 radical (unpaired) electrons. The molecular weight excluding hydrogens is 626 g/mol. The molecule has 0 saturated carbocycles. The lowest BCUT2D eigenvalue weighted by molar-refractivity contribution is -0.118. The summed E-state index contributed by atoms with van der Waals surface area (Å²) in [5.74, 6) is -2.50. The Morgan fingerprint density at radius 3 is 2.52 bits per heavy atom. The summed E-state index contributed by atoms with van der Waals surface area (Å²) in [5, 5.41) is 16.6. The second-order valence-corrected chi connectivity index (χ2v) is 14.2. The summed E-state index contributed by atoms with van der Waals surface area (Å²) < 4.78 is 16.2. The minimum absolute atomic E-state index is 0.0111. The molecule has 0 aliphatic carbocycles. The van der Waals surface area contributed by atoms with Crippen LogP contribution in [0.4, 0.5) is 15.8 Å². The van der Waals surface area contributed by atoms with E-state index >= 15 is 4.39 Å². The van der Waals surface area contributed by atoms with Gasteiger partial charge in [0.15, 0.2) is 0 Å². The standard InChI is InChI=1S/C36H35Cl2FN4O3/c1-35(2,3)17-29-36(20-43(28-16-23(37)13-14-26(28)36)19-21-9-11-22(12-10-21)34(45)46)30(25-7-4-8-27(38)31(25)39)32(42-29)33(44)41-24-6-5-15-40-18-24/h4-16,18,29-30,32,42H,17,19-20H2,1-3H3,(H,41,44)(H,45,46)/t29?,30-,32+,36-/m0/s1. The van der Waals surface area contributed by atoms with Gasteiger partial charge in [0.2, 0.25) is 5.91 Å². The average molecular weight is 662 g/mol. The molecule has 3 N–H and O–H groups in total. The highest BCUT2D eigenvalue weighted by molar-refractivity contribution is 6.31. The smallest absolute Gasteiger partial charge is 0.335 e. The summed E-state index contributed by atoms with van der Waals surface area (Å²) in [4.78, 5) is 32.1. The normalized spacial score (nSPS) is 22.2. The summed E-state index contributed by atoms with van der Waals surface area (Å²) in [6.07, 6.45) is 3.90. The van der Waals surface area contributed by atoms with E-state index in [2.05, 4.69) is 41.3 Å². The monoisotopic (exact) mass is 660 g/mol. The molecule has 2 aliphatic heterocycles. The van der Waals surface area contributed by atoms with Crippen LogP contribution < -0.4 is 15.5 Å². The third kappa shape index (κ3) is 5.97. The van der Waals surface area contributed by atoms with Crippen LogP contribution in [0.25, 0.3) is 0 Å². The topological polar surface area (TPSA) is 94.6 Å². The first kappa shape index (κ1) is 32.0. The fourth-order valence-corrected chi connectivity index (χ4v) is 7.60. The van der Waals surface area contributed by atoms with Crippen LogP contribution in [0, 0.1) is 11.2 Å². The van der Waals surface area contributed by atoms with Gasteiger partial charge in [0.25, 0.3) is 0 Å². The molecule has 46 heavy (non-hydrogen) atoms. The van der Waals surface area contributed by atoms with Crippen LogP contribution in [0.5, 0.6) is 0 Å². The highest BCUT2D eigenvalue weighted by Gasteiger charge is 2.63. The van der Waals surface area contributed by atoms with Crippen LogP contribution in [-0.4, -0.2) is 40.6 Å². The van der Waals surface area contributed by atoms with E-state index in [4.69, 9.17) is 23.2 Å². The molecule has 3 heterocycles. The van der Waals surface area contributed by atoms with E-state index in [0.29, 0.717) is 35.8 Å². The van der Waals surface area contributed by atoms with E-state index in [0.717, 1.165) is 16.8 Å². The third-order valence-corrected chi connectivity index (χ3v) is 9.59. The molecule has 3 aromatic carbocycles. The number of carbonyl (C=O) groups is 2. The van der Waals surface area contributed by atoms with Crippen LogP contribution in [0.3, 0.4) is 0 Å². The lowest BCUT2D eigenvalue weighted by atomic mass is 9.63. The van der Waals surface area contributed by atoms with Crippen LogP contribution >= 0.6 is 23.2 Å². The number of carboxylic acids is 1. The number of anilines is 2. The van der Waals surface area contributed by atoms with E-state index in [1.54, 1.807) is 60.9 Å². The Labute approximate surface area is 277 Å². The van der Waals surface area contributed by atoms with Crippen molar-refractivity contribution in [3.63, 3.8) is 0 Å². The number of aromatic nitrogens is 1. The molecule has 4 atom stereocenters. The molecule has 4 aromatic rings. The second kappa shape index (κ2) is 12.3. The zero-order chi connectivity index (χ0) is 32.8. The molecule has 1 fully saturated rings. The van der Waals surface area contributed by atoms with Crippen molar-refractivity contribution in [3.05, 3.63) is 123 Å². The third-order valence-electron chi connectivity index (χ3n) is 9.06. The maximum Gasteiger partial charge on any atom is 0.335 e. The minimum atomic E-state index is -0.993. The SMILES string of the molecule is CC(C)(C)CC1N[C@@H](C(=O)Nc2cccnc2)[C@H](c2cccc(Cl)c2F)[C@]12CN(Cc1ccc(C(=O)O)cc1)c1cc(Cl)ccc12. The van der Waals surface area contributed by atoms with Crippen molar-refractivity contribution in [2.45, 2.75) is 57.2 Å².